The Morgan fingerprint density at radius 2 is 2.38 bits per heavy atom. The number of carbonyl (C=O) groups is 1. The van der Waals surface area contributed by atoms with E-state index in [1.54, 1.807) is 4.52 Å². The number of amides is 1. The second-order valence-electron chi connectivity index (χ2n) is 5.53. The zero-order valence-corrected chi connectivity index (χ0v) is 12.3. The van der Waals surface area contributed by atoms with Crippen LogP contribution in [-0.2, 0) is 11.2 Å². The fourth-order valence-electron chi connectivity index (χ4n) is 2.67. The molecule has 2 aromatic heterocycles. The maximum absolute atomic E-state index is 12.1. The zero-order chi connectivity index (χ0) is 14.8. The van der Waals surface area contributed by atoms with Crippen LogP contribution in [0.25, 0.3) is 5.78 Å². The molecule has 1 aliphatic heterocycles. The van der Waals surface area contributed by atoms with Crippen LogP contribution in [0.15, 0.2) is 12.4 Å². The molecule has 1 saturated heterocycles. The molecule has 1 fully saturated rings. The molecule has 1 aliphatic rings. The third-order valence-electron chi connectivity index (χ3n) is 3.86. The van der Waals surface area contributed by atoms with Gasteiger partial charge in [0.05, 0.1) is 0 Å². The van der Waals surface area contributed by atoms with Crippen LogP contribution in [-0.4, -0.2) is 38.1 Å². The van der Waals surface area contributed by atoms with Gasteiger partial charge in [-0.15, -0.1) is 0 Å². The Kier molecular flexibility index (Phi) is 3.72. The molecular formula is C14H20N6O. The number of aromatic nitrogens is 4. The Balaban J connectivity index is 1.94. The van der Waals surface area contributed by atoms with E-state index in [4.69, 9.17) is 0 Å². The van der Waals surface area contributed by atoms with Gasteiger partial charge in [0.2, 0.25) is 5.91 Å². The van der Waals surface area contributed by atoms with Crippen LogP contribution >= 0.6 is 0 Å². The summed E-state index contributed by atoms with van der Waals surface area (Å²) in [7, 11) is 0. The Labute approximate surface area is 123 Å². The molecule has 3 heterocycles. The van der Waals surface area contributed by atoms with Crippen molar-refractivity contribution in [1.29, 1.82) is 0 Å². The maximum Gasteiger partial charge on any atom is 0.254 e. The van der Waals surface area contributed by atoms with Gasteiger partial charge in [0.1, 0.15) is 18.2 Å². The summed E-state index contributed by atoms with van der Waals surface area (Å²) in [5, 5.41) is 10.4. The number of aryl methyl sites for hydroxylation is 1. The molecule has 7 nitrogen and oxygen atoms in total. The topological polar surface area (TPSA) is 84.2 Å². The number of anilines is 1. The lowest BCUT2D eigenvalue weighted by Gasteiger charge is -2.29. The molecular weight excluding hydrogens is 268 g/mol. The highest BCUT2D eigenvalue weighted by molar-refractivity contribution is 5.85. The monoisotopic (exact) mass is 288 g/mol. The number of carbonyl (C=O) groups excluding carboxylic acids is 1. The lowest BCUT2D eigenvalue weighted by molar-refractivity contribution is -0.124. The SMILES string of the molecule is CCCc1cc(NC2C(=O)NCCC2C)n2ncnc2n1. The van der Waals surface area contributed by atoms with Gasteiger partial charge in [0.25, 0.3) is 5.78 Å². The lowest BCUT2D eigenvalue weighted by Crippen LogP contribution is -2.49. The molecule has 2 N–H and O–H groups in total. The molecule has 21 heavy (non-hydrogen) atoms. The molecule has 0 aromatic carbocycles. The molecule has 3 rings (SSSR count). The average Bonchev–Trinajstić information content (AvgIpc) is 2.92. The summed E-state index contributed by atoms with van der Waals surface area (Å²) in [5.41, 5.74) is 0.962. The van der Waals surface area contributed by atoms with Crippen LogP contribution in [0.4, 0.5) is 5.82 Å². The Hall–Kier alpha value is -2.18. The largest absolute Gasteiger partial charge is 0.358 e. The third kappa shape index (κ3) is 2.68. The molecule has 0 radical (unpaired) electrons. The second kappa shape index (κ2) is 5.67. The molecule has 1 amide bonds. The van der Waals surface area contributed by atoms with E-state index in [0.29, 0.717) is 5.78 Å². The van der Waals surface area contributed by atoms with Crippen molar-refractivity contribution < 1.29 is 4.79 Å². The molecule has 0 saturated carbocycles. The predicted molar refractivity (Wildman–Crippen MR) is 79.0 cm³/mol. The van der Waals surface area contributed by atoms with Crippen LogP contribution in [0.5, 0.6) is 0 Å². The van der Waals surface area contributed by atoms with Crippen molar-refractivity contribution >= 4 is 17.5 Å². The van der Waals surface area contributed by atoms with E-state index < -0.39 is 0 Å². The molecule has 2 atom stereocenters. The Morgan fingerprint density at radius 3 is 3.14 bits per heavy atom. The van der Waals surface area contributed by atoms with E-state index in [1.165, 1.54) is 6.33 Å². The molecule has 0 bridgehead atoms. The lowest BCUT2D eigenvalue weighted by atomic mass is 9.94. The quantitative estimate of drug-likeness (QED) is 0.877. The molecule has 0 aliphatic carbocycles. The fraction of sp³-hybridized carbons (Fsp3) is 0.571. The normalized spacial score (nSPS) is 22.3. The van der Waals surface area contributed by atoms with Crippen LogP contribution in [0.1, 0.15) is 32.4 Å². The number of hydrogen-bond donors (Lipinski definition) is 2. The smallest absolute Gasteiger partial charge is 0.254 e. The average molecular weight is 288 g/mol. The summed E-state index contributed by atoms with van der Waals surface area (Å²) in [4.78, 5) is 20.7. The van der Waals surface area contributed by atoms with Gasteiger partial charge in [0, 0.05) is 18.3 Å². The van der Waals surface area contributed by atoms with Crippen LogP contribution < -0.4 is 10.6 Å². The van der Waals surface area contributed by atoms with E-state index in [1.807, 2.05) is 6.07 Å². The van der Waals surface area contributed by atoms with Gasteiger partial charge in [0.15, 0.2) is 0 Å². The minimum atomic E-state index is -0.247. The number of piperidine rings is 1. The van der Waals surface area contributed by atoms with Crippen molar-refractivity contribution in [2.45, 2.75) is 39.2 Å². The highest BCUT2D eigenvalue weighted by atomic mass is 16.2. The van der Waals surface area contributed by atoms with Gasteiger partial charge < -0.3 is 10.6 Å². The highest BCUT2D eigenvalue weighted by Gasteiger charge is 2.29. The molecule has 112 valence electrons. The maximum atomic E-state index is 12.1. The summed E-state index contributed by atoms with van der Waals surface area (Å²) in [6, 6.07) is 1.71. The van der Waals surface area contributed by atoms with Crippen molar-refractivity contribution in [3.63, 3.8) is 0 Å². The Bertz CT molecular complexity index is 652. The summed E-state index contributed by atoms with van der Waals surface area (Å²) >= 11 is 0. The van der Waals surface area contributed by atoms with E-state index in [9.17, 15) is 4.79 Å². The summed E-state index contributed by atoms with van der Waals surface area (Å²) in [5.74, 6) is 1.65. The number of nitrogens with zero attached hydrogens (tertiary/aromatic N) is 4. The van der Waals surface area contributed by atoms with Gasteiger partial charge in [-0.3, -0.25) is 4.79 Å². The van der Waals surface area contributed by atoms with E-state index in [0.717, 1.165) is 37.3 Å². The van der Waals surface area contributed by atoms with Crippen LogP contribution in [0.2, 0.25) is 0 Å². The fourth-order valence-corrected chi connectivity index (χ4v) is 2.67. The number of fused-ring (bicyclic) bond motifs is 1. The third-order valence-corrected chi connectivity index (χ3v) is 3.86. The van der Waals surface area contributed by atoms with Crippen molar-refractivity contribution in [2.75, 3.05) is 11.9 Å². The van der Waals surface area contributed by atoms with E-state index >= 15 is 0 Å². The highest BCUT2D eigenvalue weighted by Crippen LogP contribution is 2.19. The zero-order valence-electron chi connectivity index (χ0n) is 12.3. The summed E-state index contributed by atoms with van der Waals surface area (Å²) in [6.07, 6.45) is 4.34. The van der Waals surface area contributed by atoms with Gasteiger partial charge >= 0.3 is 0 Å². The van der Waals surface area contributed by atoms with E-state index in [-0.39, 0.29) is 17.9 Å². The van der Waals surface area contributed by atoms with Gasteiger partial charge in [-0.25, -0.2) is 4.98 Å². The first-order valence-corrected chi connectivity index (χ1v) is 7.43. The van der Waals surface area contributed by atoms with Crippen LogP contribution in [0, 0.1) is 5.92 Å². The summed E-state index contributed by atoms with van der Waals surface area (Å²) < 4.78 is 1.65. The molecule has 7 heteroatoms. The first-order valence-electron chi connectivity index (χ1n) is 7.43. The minimum absolute atomic E-state index is 0.0378. The van der Waals surface area contributed by atoms with Gasteiger partial charge in [-0.05, 0) is 18.8 Å². The number of hydrogen-bond acceptors (Lipinski definition) is 5. The molecule has 0 spiro atoms. The van der Waals surface area contributed by atoms with Crippen molar-refractivity contribution in [3.05, 3.63) is 18.1 Å². The molecule has 2 unspecified atom stereocenters. The van der Waals surface area contributed by atoms with Gasteiger partial charge in [-0.2, -0.15) is 14.6 Å². The van der Waals surface area contributed by atoms with Crippen LogP contribution in [0.3, 0.4) is 0 Å². The number of rotatable bonds is 4. The first kappa shape index (κ1) is 13.8. The van der Waals surface area contributed by atoms with E-state index in [2.05, 4.69) is 39.5 Å². The van der Waals surface area contributed by atoms with Crippen molar-refractivity contribution in [3.8, 4) is 0 Å². The predicted octanol–water partition coefficient (Wildman–Crippen LogP) is 1.01. The number of nitrogens with one attached hydrogen (secondary N) is 2. The molecule has 2 aromatic rings. The Morgan fingerprint density at radius 1 is 1.52 bits per heavy atom. The standard InChI is InChI=1S/C14H20N6O/c1-3-4-10-7-11(20-14(18-10)16-8-17-20)19-12-9(2)5-6-15-13(12)21/h7-9,12,19H,3-6H2,1-2H3,(H,15,21). The minimum Gasteiger partial charge on any atom is -0.358 e. The second-order valence-corrected chi connectivity index (χ2v) is 5.53. The summed E-state index contributed by atoms with van der Waals surface area (Å²) in [6.45, 7) is 4.94. The van der Waals surface area contributed by atoms with Crippen molar-refractivity contribution in [2.24, 2.45) is 5.92 Å². The first-order chi connectivity index (χ1) is 10.2. The van der Waals surface area contributed by atoms with Crippen molar-refractivity contribution in [1.82, 2.24) is 24.9 Å². The van der Waals surface area contributed by atoms with Gasteiger partial charge in [-0.1, -0.05) is 20.3 Å².